The summed E-state index contributed by atoms with van der Waals surface area (Å²) < 4.78 is 30.5. The zero-order valence-corrected chi connectivity index (χ0v) is 17.9. The molecule has 29 heavy (non-hydrogen) atoms. The average Bonchev–Trinajstić information content (AvgIpc) is 3.14. The lowest BCUT2D eigenvalue weighted by atomic mass is 10.2. The molecular weight excluding hydrogens is 436 g/mol. The van der Waals surface area contributed by atoms with Crippen molar-refractivity contribution in [1.82, 2.24) is 10.2 Å². The number of methoxy groups -OCH3 is 1. The van der Waals surface area contributed by atoms with E-state index in [0.29, 0.717) is 10.8 Å². The molecule has 0 saturated heterocycles. The molecule has 3 rings (SSSR count). The Morgan fingerprint density at radius 3 is 2.55 bits per heavy atom. The molecule has 0 unspecified atom stereocenters. The van der Waals surface area contributed by atoms with Crippen molar-refractivity contribution < 1.29 is 17.9 Å². The first-order valence-corrected chi connectivity index (χ1v) is 11.3. The minimum absolute atomic E-state index is 0.232. The highest BCUT2D eigenvalue weighted by Gasteiger charge is 2.22. The lowest BCUT2D eigenvalue weighted by Gasteiger charge is -2.22. The molecule has 0 aliphatic heterocycles. The van der Waals surface area contributed by atoms with E-state index in [-0.39, 0.29) is 15.8 Å². The van der Waals surface area contributed by atoms with E-state index in [1.807, 2.05) is 30.3 Å². The van der Waals surface area contributed by atoms with Crippen molar-refractivity contribution in [3.8, 4) is 16.3 Å². The van der Waals surface area contributed by atoms with E-state index in [4.69, 9.17) is 16.3 Å². The van der Waals surface area contributed by atoms with Crippen LogP contribution < -0.4 is 14.4 Å². The topological polar surface area (TPSA) is 101 Å². The molecule has 0 spiro atoms. The largest absolute Gasteiger partial charge is 0.495 e. The highest BCUT2D eigenvalue weighted by molar-refractivity contribution is 7.92. The molecule has 8 nitrogen and oxygen atoms in total. The van der Waals surface area contributed by atoms with Crippen LogP contribution >= 0.6 is 22.9 Å². The Balaban J connectivity index is 1.76. The molecular formula is C18H17ClN4O4S2. The number of benzene rings is 2. The predicted molar refractivity (Wildman–Crippen MR) is 114 cm³/mol. The van der Waals surface area contributed by atoms with E-state index in [0.717, 1.165) is 16.1 Å². The first kappa shape index (κ1) is 21.0. The van der Waals surface area contributed by atoms with Gasteiger partial charge in [-0.2, -0.15) is 0 Å². The molecule has 0 aliphatic carbocycles. The van der Waals surface area contributed by atoms with Gasteiger partial charge in [-0.05, 0) is 18.2 Å². The summed E-state index contributed by atoms with van der Waals surface area (Å²) in [6, 6.07) is 13.9. The van der Waals surface area contributed by atoms with Crippen molar-refractivity contribution >= 4 is 49.7 Å². The van der Waals surface area contributed by atoms with Gasteiger partial charge in [0, 0.05) is 5.56 Å². The van der Waals surface area contributed by atoms with Crippen molar-refractivity contribution in [3.63, 3.8) is 0 Å². The summed E-state index contributed by atoms with van der Waals surface area (Å²) in [5.41, 5.74) is 1.12. The third-order valence-electron chi connectivity index (χ3n) is 3.80. The molecule has 0 aliphatic rings. The lowest BCUT2D eigenvalue weighted by Crippen LogP contribution is -2.37. The molecule has 1 N–H and O–H groups in total. The number of sulfonamides is 1. The second-order valence-electron chi connectivity index (χ2n) is 5.92. The van der Waals surface area contributed by atoms with Crippen LogP contribution in [-0.4, -0.2) is 44.4 Å². The Bertz CT molecular complexity index is 1120. The van der Waals surface area contributed by atoms with Crippen LogP contribution in [0.1, 0.15) is 0 Å². The van der Waals surface area contributed by atoms with Crippen LogP contribution in [0.15, 0.2) is 48.5 Å². The molecule has 2 aromatic carbocycles. The molecule has 0 fully saturated rings. The molecule has 0 bridgehead atoms. The van der Waals surface area contributed by atoms with Crippen molar-refractivity contribution in [2.75, 3.05) is 29.5 Å². The molecule has 1 aromatic heterocycles. The summed E-state index contributed by atoms with van der Waals surface area (Å²) in [5, 5.41) is 11.7. The van der Waals surface area contributed by atoms with Gasteiger partial charge in [0.15, 0.2) is 0 Å². The Morgan fingerprint density at radius 1 is 1.21 bits per heavy atom. The molecule has 1 heterocycles. The van der Waals surface area contributed by atoms with E-state index < -0.39 is 22.5 Å². The zero-order valence-electron chi connectivity index (χ0n) is 15.5. The molecule has 1 amide bonds. The fourth-order valence-electron chi connectivity index (χ4n) is 2.47. The van der Waals surface area contributed by atoms with E-state index in [2.05, 4.69) is 15.5 Å². The number of nitrogens with zero attached hydrogens (tertiary/aromatic N) is 3. The van der Waals surface area contributed by atoms with Crippen molar-refractivity contribution in [1.29, 1.82) is 0 Å². The Kier molecular flexibility index (Phi) is 6.36. The van der Waals surface area contributed by atoms with Gasteiger partial charge in [-0.3, -0.25) is 14.4 Å². The van der Waals surface area contributed by atoms with Crippen molar-refractivity contribution in [3.05, 3.63) is 53.6 Å². The van der Waals surface area contributed by atoms with Gasteiger partial charge in [0.1, 0.15) is 17.3 Å². The fourth-order valence-corrected chi connectivity index (χ4v) is 4.34. The third-order valence-corrected chi connectivity index (χ3v) is 6.13. The second kappa shape index (κ2) is 8.76. The summed E-state index contributed by atoms with van der Waals surface area (Å²) in [7, 11) is -2.29. The van der Waals surface area contributed by atoms with Crippen LogP contribution in [0.2, 0.25) is 5.02 Å². The van der Waals surface area contributed by atoms with Crippen LogP contribution in [0.3, 0.4) is 0 Å². The van der Waals surface area contributed by atoms with Crippen LogP contribution in [0.25, 0.3) is 10.6 Å². The fraction of sp³-hybridized carbons (Fsp3) is 0.167. The SMILES string of the molecule is COc1ccc(N(CC(=O)Nc2nnc(-c3ccccc3)s2)S(C)(=O)=O)cc1Cl. The first-order chi connectivity index (χ1) is 13.8. The number of aromatic nitrogens is 2. The number of carbonyl (C=O) groups is 1. The maximum absolute atomic E-state index is 12.5. The molecule has 0 atom stereocenters. The summed E-state index contributed by atoms with van der Waals surface area (Å²) in [5.74, 6) is -0.159. The van der Waals surface area contributed by atoms with E-state index in [1.165, 1.54) is 36.6 Å². The summed E-state index contributed by atoms with van der Waals surface area (Å²) in [6.45, 7) is -0.443. The molecule has 0 saturated carbocycles. The van der Waals surface area contributed by atoms with Gasteiger partial charge in [-0.25, -0.2) is 8.42 Å². The van der Waals surface area contributed by atoms with E-state index in [1.54, 1.807) is 0 Å². The Morgan fingerprint density at radius 2 is 1.93 bits per heavy atom. The number of amides is 1. The van der Waals surface area contributed by atoms with Gasteiger partial charge < -0.3 is 4.74 Å². The molecule has 152 valence electrons. The molecule has 3 aromatic rings. The van der Waals surface area contributed by atoms with Gasteiger partial charge in [0.25, 0.3) is 0 Å². The van der Waals surface area contributed by atoms with Crippen LogP contribution in [-0.2, 0) is 14.8 Å². The highest BCUT2D eigenvalue weighted by Crippen LogP contribution is 2.30. The van der Waals surface area contributed by atoms with Gasteiger partial charge in [-0.1, -0.05) is 53.3 Å². The third kappa shape index (κ3) is 5.22. The monoisotopic (exact) mass is 452 g/mol. The van der Waals surface area contributed by atoms with Crippen LogP contribution in [0.5, 0.6) is 5.75 Å². The van der Waals surface area contributed by atoms with Gasteiger partial charge in [-0.15, -0.1) is 10.2 Å². The minimum Gasteiger partial charge on any atom is -0.495 e. The number of hydrogen-bond acceptors (Lipinski definition) is 7. The average molecular weight is 453 g/mol. The second-order valence-corrected chi connectivity index (χ2v) is 9.21. The van der Waals surface area contributed by atoms with Crippen LogP contribution in [0.4, 0.5) is 10.8 Å². The number of anilines is 2. The number of rotatable bonds is 7. The highest BCUT2D eigenvalue weighted by atomic mass is 35.5. The lowest BCUT2D eigenvalue weighted by molar-refractivity contribution is -0.114. The quantitative estimate of drug-likeness (QED) is 0.590. The number of halogens is 1. The smallest absolute Gasteiger partial charge is 0.246 e. The van der Waals surface area contributed by atoms with E-state index in [9.17, 15) is 13.2 Å². The molecule has 11 heteroatoms. The number of ether oxygens (including phenoxy) is 1. The zero-order chi connectivity index (χ0) is 21.0. The van der Waals surface area contributed by atoms with Crippen LogP contribution in [0, 0.1) is 0 Å². The standard InChI is InChI=1S/C18H17ClN4O4S2/c1-27-15-9-8-13(10-14(15)19)23(29(2,25)26)11-16(24)20-18-22-21-17(28-18)12-6-4-3-5-7-12/h3-10H,11H2,1-2H3,(H,20,22,24). The summed E-state index contributed by atoms with van der Waals surface area (Å²) >= 11 is 7.28. The minimum atomic E-state index is -3.74. The molecule has 0 radical (unpaired) electrons. The maximum Gasteiger partial charge on any atom is 0.246 e. The van der Waals surface area contributed by atoms with Crippen molar-refractivity contribution in [2.24, 2.45) is 0 Å². The van der Waals surface area contributed by atoms with Gasteiger partial charge >= 0.3 is 0 Å². The Hall–Kier alpha value is -2.69. The van der Waals surface area contributed by atoms with Gasteiger partial charge in [0.05, 0.1) is 24.1 Å². The normalized spacial score (nSPS) is 11.1. The number of hydrogen-bond donors (Lipinski definition) is 1. The maximum atomic E-state index is 12.5. The summed E-state index contributed by atoms with van der Waals surface area (Å²) in [4.78, 5) is 12.5. The number of nitrogens with one attached hydrogen (secondary N) is 1. The number of carbonyl (C=O) groups excluding carboxylic acids is 1. The summed E-state index contributed by atoms with van der Waals surface area (Å²) in [6.07, 6.45) is 1.01. The van der Waals surface area contributed by atoms with Gasteiger partial charge in [0.2, 0.25) is 21.1 Å². The van der Waals surface area contributed by atoms with E-state index >= 15 is 0 Å². The Labute approximate surface area is 177 Å². The van der Waals surface area contributed by atoms with Crippen molar-refractivity contribution in [2.45, 2.75) is 0 Å². The first-order valence-electron chi connectivity index (χ1n) is 8.28. The predicted octanol–water partition coefficient (Wildman–Crippen LogP) is 3.27.